The van der Waals surface area contributed by atoms with Gasteiger partial charge >= 0.3 is 0 Å². The van der Waals surface area contributed by atoms with E-state index >= 15 is 0 Å². The second kappa shape index (κ2) is 7.21. The van der Waals surface area contributed by atoms with Crippen LogP contribution in [0.2, 0.25) is 0 Å². The van der Waals surface area contributed by atoms with E-state index in [1.165, 1.54) is 0 Å². The Balaban J connectivity index is 1.73. The Morgan fingerprint density at radius 3 is 2.95 bits per heavy atom. The van der Waals surface area contributed by atoms with Gasteiger partial charge in [0.2, 0.25) is 5.91 Å². The lowest BCUT2D eigenvalue weighted by atomic mass is 10.2. The van der Waals surface area contributed by atoms with Crippen molar-refractivity contribution in [3.63, 3.8) is 0 Å². The van der Waals surface area contributed by atoms with E-state index in [1.807, 2.05) is 13.2 Å². The predicted octanol–water partition coefficient (Wildman–Crippen LogP) is 3.21. The number of carbonyl (C=O) groups is 1. The average molecular weight is 311 g/mol. The first-order chi connectivity index (χ1) is 10.0. The molecule has 1 aromatic carbocycles. The molecular weight excluding hydrogens is 296 g/mol. The molecule has 2 aromatic rings. The van der Waals surface area contributed by atoms with Gasteiger partial charge in [0.1, 0.15) is 11.6 Å². The number of halogens is 2. The first-order valence-electron chi connectivity index (χ1n) is 6.41. The number of thioether (sulfide) groups is 1. The summed E-state index contributed by atoms with van der Waals surface area (Å²) in [7, 11) is 1.84. The van der Waals surface area contributed by atoms with Crippen molar-refractivity contribution in [3.8, 4) is 0 Å². The molecule has 0 radical (unpaired) electrons. The Hall–Kier alpha value is -1.89. The number of aryl methyl sites for hydroxylation is 1. The molecule has 0 atom stereocenters. The van der Waals surface area contributed by atoms with Crippen LogP contribution in [-0.4, -0.2) is 21.4 Å². The van der Waals surface area contributed by atoms with Gasteiger partial charge in [0.25, 0.3) is 0 Å². The summed E-state index contributed by atoms with van der Waals surface area (Å²) in [6, 6.07) is 2.97. The molecule has 0 saturated carbocycles. The summed E-state index contributed by atoms with van der Waals surface area (Å²) in [5.74, 6) is -0.801. The van der Waals surface area contributed by atoms with Gasteiger partial charge in [0.05, 0.1) is 11.9 Å². The molecule has 0 bridgehead atoms. The van der Waals surface area contributed by atoms with Crippen molar-refractivity contribution in [2.45, 2.75) is 17.7 Å². The Morgan fingerprint density at radius 2 is 2.24 bits per heavy atom. The van der Waals surface area contributed by atoms with Gasteiger partial charge in [-0.15, -0.1) is 11.8 Å². The minimum Gasteiger partial charge on any atom is -0.324 e. The SMILES string of the molecule is Cn1cc(SCCCC(=O)Nc2cc(F)ccc2F)cn1. The second-order valence-corrected chi connectivity index (χ2v) is 5.64. The third kappa shape index (κ3) is 4.86. The number of aromatic nitrogens is 2. The van der Waals surface area contributed by atoms with Crippen molar-refractivity contribution in [1.29, 1.82) is 0 Å². The molecule has 1 heterocycles. The number of carbonyl (C=O) groups excluding carboxylic acids is 1. The van der Waals surface area contributed by atoms with E-state index < -0.39 is 11.6 Å². The molecule has 2 rings (SSSR count). The van der Waals surface area contributed by atoms with Crippen LogP contribution in [0.25, 0.3) is 0 Å². The molecule has 0 aliphatic heterocycles. The van der Waals surface area contributed by atoms with Crippen LogP contribution in [0.4, 0.5) is 14.5 Å². The van der Waals surface area contributed by atoms with Crippen LogP contribution in [0.5, 0.6) is 0 Å². The highest BCUT2D eigenvalue weighted by Gasteiger charge is 2.08. The van der Waals surface area contributed by atoms with Crippen LogP contribution in [0.1, 0.15) is 12.8 Å². The summed E-state index contributed by atoms with van der Waals surface area (Å²) >= 11 is 1.60. The summed E-state index contributed by atoms with van der Waals surface area (Å²) < 4.78 is 28.0. The monoisotopic (exact) mass is 311 g/mol. The highest BCUT2D eigenvalue weighted by Crippen LogP contribution is 2.19. The number of hydrogen-bond acceptors (Lipinski definition) is 3. The molecule has 0 aliphatic carbocycles. The zero-order valence-corrected chi connectivity index (χ0v) is 12.3. The van der Waals surface area contributed by atoms with Gasteiger partial charge in [-0.3, -0.25) is 9.48 Å². The molecule has 0 unspecified atom stereocenters. The molecule has 0 aliphatic rings. The molecule has 21 heavy (non-hydrogen) atoms. The fraction of sp³-hybridized carbons (Fsp3) is 0.286. The van der Waals surface area contributed by atoms with Gasteiger partial charge < -0.3 is 5.32 Å². The Kier molecular flexibility index (Phi) is 5.32. The minimum atomic E-state index is -0.644. The normalized spacial score (nSPS) is 10.6. The first kappa shape index (κ1) is 15.5. The van der Waals surface area contributed by atoms with Crippen molar-refractivity contribution in [2.75, 3.05) is 11.1 Å². The average Bonchev–Trinajstić information content (AvgIpc) is 2.85. The van der Waals surface area contributed by atoms with E-state index in [2.05, 4.69) is 10.4 Å². The largest absolute Gasteiger partial charge is 0.324 e. The summed E-state index contributed by atoms with van der Waals surface area (Å²) in [5.41, 5.74) is -0.125. The number of hydrogen-bond donors (Lipinski definition) is 1. The van der Waals surface area contributed by atoms with E-state index in [4.69, 9.17) is 0 Å². The zero-order chi connectivity index (χ0) is 15.2. The highest BCUT2D eigenvalue weighted by atomic mass is 32.2. The van der Waals surface area contributed by atoms with Crippen LogP contribution in [0.15, 0.2) is 35.5 Å². The van der Waals surface area contributed by atoms with Crippen molar-refractivity contribution < 1.29 is 13.6 Å². The topological polar surface area (TPSA) is 46.9 Å². The third-order valence-corrected chi connectivity index (χ3v) is 3.74. The minimum absolute atomic E-state index is 0.125. The van der Waals surface area contributed by atoms with Gasteiger partial charge in [-0.25, -0.2) is 8.78 Å². The molecule has 0 fully saturated rings. The third-order valence-electron chi connectivity index (χ3n) is 2.70. The molecule has 1 N–H and O–H groups in total. The molecule has 112 valence electrons. The summed E-state index contributed by atoms with van der Waals surface area (Å²) in [4.78, 5) is 12.7. The van der Waals surface area contributed by atoms with Crippen molar-refractivity contribution in [3.05, 3.63) is 42.2 Å². The van der Waals surface area contributed by atoms with Gasteiger partial charge in [0, 0.05) is 30.6 Å². The quantitative estimate of drug-likeness (QED) is 0.658. The molecule has 1 aromatic heterocycles. The highest BCUT2D eigenvalue weighted by molar-refractivity contribution is 7.99. The molecule has 0 spiro atoms. The number of amides is 1. The molecule has 7 heteroatoms. The van der Waals surface area contributed by atoms with Crippen LogP contribution in [0.3, 0.4) is 0 Å². The van der Waals surface area contributed by atoms with Crippen LogP contribution in [0, 0.1) is 11.6 Å². The first-order valence-corrected chi connectivity index (χ1v) is 7.39. The van der Waals surface area contributed by atoms with Crippen LogP contribution in [-0.2, 0) is 11.8 Å². The smallest absolute Gasteiger partial charge is 0.224 e. The van der Waals surface area contributed by atoms with E-state index in [-0.39, 0.29) is 18.0 Å². The fourth-order valence-electron chi connectivity index (χ4n) is 1.70. The molecular formula is C14H15F2N3OS. The van der Waals surface area contributed by atoms with E-state index in [1.54, 1.807) is 22.6 Å². The Bertz CT molecular complexity index is 630. The predicted molar refractivity (Wildman–Crippen MR) is 78.2 cm³/mol. The number of nitrogens with zero attached hydrogens (tertiary/aromatic N) is 2. The van der Waals surface area contributed by atoms with E-state index in [0.717, 1.165) is 28.8 Å². The fourth-order valence-corrected chi connectivity index (χ4v) is 2.58. The van der Waals surface area contributed by atoms with Gasteiger partial charge in [-0.1, -0.05) is 0 Å². The maximum Gasteiger partial charge on any atom is 0.224 e. The van der Waals surface area contributed by atoms with Gasteiger partial charge in [0.15, 0.2) is 0 Å². The number of benzene rings is 1. The lowest BCUT2D eigenvalue weighted by Crippen LogP contribution is -2.12. The molecule has 4 nitrogen and oxygen atoms in total. The van der Waals surface area contributed by atoms with E-state index in [9.17, 15) is 13.6 Å². The number of nitrogens with one attached hydrogen (secondary N) is 1. The van der Waals surface area contributed by atoms with Crippen molar-refractivity contribution in [1.82, 2.24) is 9.78 Å². The maximum absolute atomic E-state index is 13.3. The lowest BCUT2D eigenvalue weighted by molar-refractivity contribution is -0.116. The van der Waals surface area contributed by atoms with Gasteiger partial charge in [-0.2, -0.15) is 5.10 Å². The standard InChI is InChI=1S/C14H15F2N3OS/c1-19-9-11(8-17-19)21-6-2-3-14(20)18-13-7-10(15)4-5-12(13)16/h4-5,7-9H,2-3,6H2,1H3,(H,18,20). The lowest BCUT2D eigenvalue weighted by Gasteiger charge is -2.06. The Labute approximate surface area is 125 Å². The second-order valence-electron chi connectivity index (χ2n) is 4.47. The molecule has 1 amide bonds. The van der Waals surface area contributed by atoms with Crippen LogP contribution >= 0.6 is 11.8 Å². The van der Waals surface area contributed by atoms with E-state index in [0.29, 0.717) is 6.42 Å². The maximum atomic E-state index is 13.3. The molecule has 0 saturated heterocycles. The van der Waals surface area contributed by atoms with Crippen molar-refractivity contribution >= 4 is 23.4 Å². The number of anilines is 1. The summed E-state index contributed by atoms with van der Waals surface area (Å²) in [5, 5.41) is 6.42. The number of rotatable bonds is 6. The summed E-state index contributed by atoms with van der Waals surface area (Å²) in [6.07, 6.45) is 4.55. The van der Waals surface area contributed by atoms with Crippen molar-refractivity contribution in [2.24, 2.45) is 7.05 Å². The zero-order valence-electron chi connectivity index (χ0n) is 11.5. The van der Waals surface area contributed by atoms with Gasteiger partial charge in [-0.05, 0) is 24.3 Å². The Morgan fingerprint density at radius 1 is 1.43 bits per heavy atom. The van der Waals surface area contributed by atoms with Crippen LogP contribution < -0.4 is 5.32 Å². The summed E-state index contributed by atoms with van der Waals surface area (Å²) in [6.45, 7) is 0.